The first-order valence-corrected chi connectivity index (χ1v) is 14.5. The second-order valence-electron chi connectivity index (χ2n) is 10.5. The lowest BCUT2D eigenvalue weighted by Gasteiger charge is -2.36. The summed E-state index contributed by atoms with van der Waals surface area (Å²) in [4.78, 5) is 39.3. The third-order valence-electron chi connectivity index (χ3n) is 7.45. The van der Waals surface area contributed by atoms with E-state index in [9.17, 15) is 9.59 Å². The van der Waals surface area contributed by atoms with Crippen molar-refractivity contribution < 1.29 is 19.1 Å². The number of carbonyl (C=O) groups excluding carboxylic acids is 2. The highest BCUT2D eigenvalue weighted by molar-refractivity contribution is 7.20. The Kier molecular flexibility index (Phi) is 8.92. The third kappa shape index (κ3) is 6.73. The molecule has 3 atom stereocenters. The molecule has 0 fully saturated rings. The fourth-order valence-corrected chi connectivity index (χ4v) is 5.89. The molecule has 2 aromatic carbocycles. The number of amides is 2. The van der Waals surface area contributed by atoms with Crippen molar-refractivity contribution in [3.63, 3.8) is 0 Å². The Morgan fingerprint density at radius 2 is 1.90 bits per heavy atom. The monoisotopic (exact) mass is 573 g/mol. The fraction of sp³-hybridized carbons (Fsp3) is 0.355. The van der Waals surface area contributed by atoms with Crippen LogP contribution in [0.4, 0.5) is 5.69 Å². The van der Waals surface area contributed by atoms with Crippen molar-refractivity contribution in [3.05, 3.63) is 83.1 Å². The number of pyridine rings is 1. The fourth-order valence-electron chi connectivity index (χ4n) is 5.03. The van der Waals surface area contributed by atoms with Crippen LogP contribution < -0.4 is 10.1 Å². The number of aromatic nitrogens is 2. The van der Waals surface area contributed by atoms with Crippen molar-refractivity contribution in [3.8, 4) is 5.75 Å². The summed E-state index contributed by atoms with van der Waals surface area (Å²) in [6.07, 6.45) is 3.44. The van der Waals surface area contributed by atoms with Gasteiger partial charge in [-0.05, 0) is 60.9 Å². The van der Waals surface area contributed by atoms with Crippen molar-refractivity contribution in [1.29, 1.82) is 0 Å². The van der Waals surface area contributed by atoms with E-state index in [1.54, 1.807) is 49.7 Å². The molecule has 3 heterocycles. The van der Waals surface area contributed by atoms with E-state index in [1.165, 1.54) is 16.9 Å². The van der Waals surface area contributed by atoms with Crippen LogP contribution in [-0.4, -0.2) is 77.6 Å². The zero-order chi connectivity index (χ0) is 28.9. The molecule has 2 amide bonds. The summed E-state index contributed by atoms with van der Waals surface area (Å²) in [6.45, 7) is 6.59. The molecule has 5 rings (SSSR count). The summed E-state index contributed by atoms with van der Waals surface area (Å²) >= 11 is 1.33. The van der Waals surface area contributed by atoms with Gasteiger partial charge in [-0.1, -0.05) is 19.1 Å². The Morgan fingerprint density at radius 3 is 2.66 bits per heavy atom. The number of hydrogen-bond acceptors (Lipinski definition) is 8. The van der Waals surface area contributed by atoms with E-state index in [-0.39, 0.29) is 29.9 Å². The van der Waals surface area contributed by atoms with Gasteiger partial charge in [0.15, 0.2) is 5.01 Å². The first kappa shape index (κ1) is 28.7. The van der Waals surface area contributed by atoms with Crippen molar-refractivity contribution in [2.75, 3.05) is 39.2 Å². The molecule has 1 aliphatic rings. The van der Waals surface area contributed by atoms with Crippen molar-refractivity contribution in [2.24, 2.45) is 5.92 Å². The van der Waals surface area contributed by atoms with Crippen LogP contribution in [0.25, 0.3) is 10.2 Å². The summed E-state index contributed by atoms with van der Waals surface area (Å²) in [5.41, 5.74) is 2.82. The zero-order valence-electron chi connectivity index (χ0n) is 23.7. The number of para-hydroxylation sites is 1. The van der Waals surface area contributed by atoms with E-state index >= 15 is 0 Å². The summed E-state index contributed by atoms with van der Waals surface area (Å²) in [7, 11) is 3.45. The standard InChI is InChI=1S/C31H35N5O4S/c1-20-16-36(17-22-11-13-32-14-12-22)21(2)19-40-26-10-9-23(15-24(26)31(38)35(3)18-27(20)39-4)33-29(37)30-34-25-7-5-6-8-28(25)41-30/h5-15,20-21,27H,16-19H2,1-4H3,(H,33,37)/t20-,21-,27-/m1/s1. The van der Waals surface area contributed by atoms with E-state index in [0.29, 0.717) is 35.2 Å². The van der Waals surface area contributed by atoms with Gasteiger partial charge in [-0.15, -0.1) is 11.3 Å². The molecule has 0 saturated heterocycles. The van der Waals surface area contributed by atoms with Crippen LogP contribution in [0.5, 0.6) is 5.75 Å². The van der Waals surface area contributed by atoms with Gasteiger partial charge in [-0.25, -0.2) is 4.98 Å². The SMILES string of the molecule is CO[C@@H]1CN(C)C(=O)c2cc(NC(=O)c3nc4ccccc4s3)ccc2OC[C@@H](C)N(Cc2ccncc2)C[C@H]1C. The van der Waals surface area contributed by atoms with E-state index in [1.807, 2.05) is 36.4 Å². The molecule has 4 aromatic rings. The molecule has 2 aromatic heterocycles. The lowest BCUT2D eigenvalue weighted by molar-refractivity contribution is 0.00921. The first-order chi connectivity index (χ1) is 19.8. The molecule has 0 bridgehead atoms. The Hall–Kier alpha value is -3.86. The van der Waals surface area contributed by atoms with Gasteiger partial charge in [0.25, 0.3) is 11.8 Å². The van der Waals surface area contributed by atoms with Crippen LogP contribution in [0, 0.1) is 5.92 Å². The molecule has 214 valence electrons. The second-order valence-corrected chi connectivity index (χ2v) is 11.6. The molecule has 1 N–H and O–H groups in total. The van der Waals surface area contributed by atoms with Crippen molar-refractivity contribution in [2.45, 2.75) is 32.5 Å². The van der Waals surface area contributed by atoms with Crippen molar-refractivity contribution >= 4 is 39.1 Å². The number of carbonyl (C=O) groups is 2. The number of methoxy groups -OCH3 is 1. The van der Waals surface area contributed by atoms with Gasteiger partial charge in [0, 0.05) is 57.9 Å². The average Bonchev–Trinajstić information content (AvgIpc) is 3.43. The quantitative estimate of drug-likeness (QED) is 0.361. The van der Waals surface area contributed by atoms with E-state index in [4.69, 9.17) is 9.47 Å². The molecule has 0 radical (unpaired) electrons. The Bertz CT molecular complexity index is 1480. The molecular weight excluding hydrogens is 538 g/mol. The minimum Gasteiger partial charge on any atom is -0.491 e. The van der Waals surface area contributed by atoms with Gasteiger partial charge in [0.05, 0.1) is 21.9 Å². The summed E-state index contributed by atoms with van der Waals surface area (Å²) in [5.74, 6) is 0.0953. The Morgan fingerprint density at radius 1 is 1.12 bits per heavy atom. The maximum atomic E-state index is 13.7. The molecule has 10 heteroatoms. The number of ether oxygens (including phenoxy) is 2. The van der Waals surface area contributed by atoms with Crippen LogP contribution >= 0.6 is 11.3 Å². The van der Waals surface area contributed by atoms with Gasteiger partial charge in [0.2, 0.25) is 0 Å². The predicted molar refractivity (Wildman–Crippen MR) is 161 cm³/mol. The summed E-state index contributed by atoms with van der Waals surface area (Å²) in [6, 6.07) is 16.9. The van der Waals surface area contributed by atoms with Gasteiger partial charge >= 0.3 is 0 Å². The van der Waals surface area contributed by atoms with Crippen LogP contribution in [0.2, 0.25) is 0 Å². The zero-order valence-corrected chi connectivity index (χ0v) is 24.6. The molecule has 0 spiro atoms. The number of anilines is 1. The first-order valence-electron chi connectivity index (χ1n) is 13.7. The largest absolute Gasteiger partial charge is 0.491 e. The topological polar surface area (TPSA) is 96.9 Å². The van der Waals surface area contributed by atoms with Crippen molar-refractivity contribution in [1.82, 2.24) is 19.8 Å². The number of hydrogen-bond donors (Lipinski definition) is 1. The second kappa shape index (κ2) is 12.8. The maximum absolute atomic E-state index is 13.7. The predicted octanol–water partition coefficient (Wildman–Crippen LogP) is 4.95. The maximum Gasteiger partial charge on any atom is 0.284 e. The smallest absolute Gasteiger partial charge is 0.284 e. The minimum atomic E-state index is -0.324. The van der Waals surface area contributed by atoms with E-state index in [0.717, 1.165) is 23.3 Å². The molecule has 0 unspecified atom stereocenters. The highest BCUT2D eigenvalue weighted by atomic mass is 32.1. The molecular formula is C31H35N5O4S. The summed E-state index contributed by atoms with van der Waals surface area (Å²) < 4.78 is 13.1. The number of fused-ring (bicyclic) bond motifs is 2. The van der Waals surface area contributed by atoms with Crippen LogP contribution in [0.1, 0.15) is 39.6 Å². The minimum absolute atomic E-state index is 0.0571. The van der Waals surface area contributed by atoms with Gasteiger partial charge in [-0.2, -0.15) is 0 Å². The number of benzene rings is 2. The molecule has 9 nitrogen and oxygen atoms in total. The Balaban J connectivity index is 1.41. The molecule has 41 heavy (non-hydrogen) atoms. The van der Waals surface area contributed by atoms with E-state index in [2.05, 4.69) is 34.0 Å². The van der Waals surface area contributed by atoms with Crippen LogP contribution in [0.15, 0.2) is 67.0 Å². The number of rotatable bonds is 5. The van der Waals surface area contributed by atoms with Gasteiger partial charge in [-0.3, -0.25) is 19.5 Å². The number of nitrogens with zero attached hydrogens (tertiary/aromatic N) is 4. The average molecular weight is 574 g/mol. The van der Waals surface area contributed by atoms with E-state index < -0.39 is 0 Å². The van der Waals surface area contributed by atoms with Gasteiger partial charge < -0.3 is 19.7 Å². The number of likely N-dealkylation sites (N-methyl/N-ethyl adjacent to an activating group) is 1. The Labute approximate surface area is 244 Å². The lowest BCUT2D eigenvalue weighted by atomic mass is 10.0. The lowest BCUT2D eigenvalue weighted by Crippen LogP contribution is -2.46. The third-order valence-corrected chi connectivity index (χ3v) is 8.49. The normalized spacial score (nSPS) is 20.5. The number of nitrogens with one attached hydrogen (secondary N) is 1. The highest BCUT2D eigenvalue weighted by Gasteiger charge is 2.28. The molecule has 1 aliphatic heterocycles. The highest BCUT2D eigenvalue weighted by Crippen LogP contribution is 2.28. The number of thiazole rings is 1. The van der Waals surface area contributed by atoms with Gasteiger partial charge in [0.1, 0.15) is 12.4 Å². The molecule has 0 saturated carbocycles. The summed E-state index contributed by atoms with van der Waals surface area (Å²) in [5, 5.41) is 3.27. The molecule has 0 aliphatic carbocycles. The van der Waals surface area contributed by atoms with Crippen LogP contribution in [-0.2, 0) is 11.3 Å². The van der Waals surface area contributed by atoms with Crippen LogP contribution in [0.3, 0.4) is 0 Å².